The molecule has 1 fully saturated rings. The molecule has 2 heteroatoms. The molecule has 0 atom stereocenters. The number of thioether (sulfide) groups is 1. The van der Waals surface area contributed by atoms with Crippen LogP contribution in [0.5, 0.6) is 0 Å². The first kappa shape index (κ1) is 12.7. The lowest BCUT2D eigenvalue weighted by molar-refractivity contribution is 0.0485. The molecule has 1 N–H and O–H groups in total. The van der Waals surface area contributed by atoms with Gasteiger partial charge in [0.05, 0.1) is 5.60 Å². The first-order chi connectivity index (χ1) is 8.24. The van der Waals surface area contributed by atoms with Crippen LogP contribution in [0.25, 0.3) is 6.08 Å². The van der Waals surface area contributed by atoms with Crippen molar-refractivity contribution in [1.82, 2.24) is 0 Å². The summed E-state index contributed by atoms with van der Waals surface area (Å²) in [6, 6.07) is 10.3. The van der Waals surface area contributed by atoms with Crippen LogP contribution in [-0.4, -0.2) is 17.0 Å². The molecule has 1 aromatic carbocycles. The van der Waals surface area contributed by atoms with Crippen LogP contribution in [0.1, 0.15) is 37.7 Å². The molecule has 2 rings (SSSR count). The predicted octanol–water partition coefficient (Wildman–Crippen LogP) is 4.09. The molecule has 0 saturated heterocycles. The maximum Gasteiger partial charge on any atom is 0.0954 e. The highest BCUT2D eigenvalue weighted by atomic mass is 32.2. The molecule has 1 nitrogen and oxygen atoms in total. The number of hydrogen-bond donors (Lipinski definition) is 1. The van der Waals surface area contributed by atoms with Gasteiger partial charge in [-0.1, -0.05) is 49.6 Å². The van der Waals surface area contributed by atoms with Crippen molar-refractivity contribution in [2.45, 2.75) is 37.7 Å². The summed E-state index contributed by atoms with van der Waals surface area (Å²) in [7, 11) is 0. The van der Waals surface area contributed by atoms with E-state index in [-0.39, 0.29) is 0 Å². The van der Waals surface area contributed by atoms with E-state index in [0.29, 0.717) is 0 Å². The van der Waals surface area contributed by atoms with Gasteiger partial charge < -0.3 is 5.11 Å². The van der Waals surface area contributed by atoms with Crippen molar-refractivity contribution in [2.75, 3.05) is 6.26 Å². The van der Waals surface area contributed by atoms with Crippen molar-refractivity contribution in [3.8, 4) is 0 Å². The SMILES string of the molecule is CS/C(=C\c1ccccc1)C1(O)CCCCC1. The van der Waals surface area contributed by atoms with Gasteiger partial charge in [-0.15, -0.1) is 11.8 Å². The molecule has 0 radical (unpaired) electrons. The molecule has 1 aliphatic rings. The number of benzene rings is 1. The minimum absolute atomic E-state index is 0.576. The van der Waals surface area contributed by atoms with Gasteiger partial charge in [0.25, 0.3) is 0 Å². The van der Waals surface area contributed by atoms with E-state index in [4.69, 9.17) is 0 Å². The highest BCUT2D eigenvalue weighted by Crippen LogP contribution is 2.39. The summed E-state index contributed by atoms with van der Waals surface area (Å²) < 4.78 is 0. The minimum atomic E-state index is -0.576. The van der Waals surface area contributed by atoms with E-state index >= 15 is 0 Å². The highest BCUT2D eigenvalue weighted by molar-refractivity contribution is 8.02. The Morgan fingerprint density at radius 3 is 2.41 bits per heavy atom. The van der Waals surface area contributed by atoms with Crippen molar-refractivity contribution < 1.29 is 5.11 Å². The molecule has 0 aliphatic heterocycles. The van der Waals surface area contributed by atoms with E-state index in [1.54, 1.807) is 11.8 Å². The van der Waals surface area contributed by atoms with Crippen LogP contribution >= 0.6 is 11.8 Å². The van der Waals surface area contributed by atoms with Crippen molar-refractivity contribution in [3.63, 3.8) is 0 Å². The van der Waals surface area contributed by atoms with Gasteiger partial charge in [0.15, 0.2) is 0 Å². The van der Waals surface area contributed by atoms with Gasteiger partial charge in [-0.05, 0) is 30.7 Å². The number of aliphatic hydroxyl groups is 1. The van der Waals surface area contributed by atoms with Crippen LogP contribution in [0.15, 0.2) is 35.2 Å². The van der Waals surface area contributed by atoms with E-state index in [2.05, 4.69) is 24.5 Å². The lowest BCUT2D eigenvalue weighted by Crippen LogP contribution is -2.32. The van der Waals surface area contributed by atoms with Gasteiger partial charge in [0.2, 0.25) is 0 Å². The van der Waals surface area contributed by atoms with E-state index in [1.807, 2.05) is 18.2 Å². The second-order valence-corrected chi connectivity index (χ2v) is 5.56. The van der Waals surface area contributed by atoms with Gasteiger partial charge in [-0.25, -0.2) is 0 Å². The maximum atomic E-state index is 10.7. The number of hydrogen-bond acceptors (Lipinski definition) is 2. The molecule has 1 aliphatic carbocycles. The topological polar surface area (TPSA) is 20.2 Å². The third-order valence-electron chi connectivity index (χ3n) is 3.46. The molecule has 0 amide bonds. The van der Waals surface area contributed by atoms with E-state index in [1.165, 1.54) is 12.0 Å². The van der Waals surface area contributed by atoms with Gasteiger partial charge in [-0.3, -0.25) is 0 Å². The van der Waals surface area contributed by atoms with Gasteiger partial charge in [0, 0.05) is 4.91 Å². The molecule has 0 bridgehead atoms. The summed E-state index contributed by atoms with van der Waals surface area (Å²) in [4.78, 5) is 1.11. The van der Waals surface area contributed by atoms with Crippen LogP contribution in [-0.2, 0) is 0 Å². The third kappa shape index (κ3) is 3.14. The average Bonchev–Trinajstić information content (AvgIpc) is 2.38. The van der Waals surface area contributed by atoms with E-state index in [0.717, 1.165) is 30.6 Å². The molecular weight excluding hydrogens is 228 g/mol. The average molecular weight is 248 g/mol. The first-order valence-electron chi connectivity index (χ1n) is 6.28. The first-order valence-corrected chi connectivity index (χ1v) is 7.51. The van der Waals surface area contributed by atoms with Crippen LogP contribution < -0.4 is 0 Å². The molecule has 0 spiro atoms. The summed E-state index contributed by atoms with van der Waals surface area (Å²) in [6.45, 7) is 0. The van der Waals surface area contributed by atoms with Crippen molar-refractivity contribution in [2.24, 2.45) is 0 Å². The van der Waals surface area contributed by atoms with E-state index in [9.17, 15) is 5.11 Å². The molecular formula is C15H20OS. The fourth-order valence-electron chi connectivity index (χ4n) is 2.47. The maximum absolute atomic E-state index is 10.7. The van der Waals surface area contributed by atoms with Crippen molar-refractivity contribution in [3.05, 3.63) is 40.8 Å². The lowest BCUT2D eigenvalue weighted by atomic mass is 9.84. The second kappa shape index (κ2) is 5.74. The Bertz CT molecular complexity index is 377. The van der Waals surface area contributed by atoms with Crippen LogP contribution in [0, 0.1) is 0 Å². The highest BCUT2D eigenvalue weighted by Gasteiger charge is 2.32. The van der Waals surface area contributed by atoms with Crippen LogP contribution in [0.3, 0.4) is 0 Å². The van der Waals surface area contributed by atoms with Gasteiger partial charge in [0.1, 0.15) is 0 Å². The molecule has 0 aromatic heterocycles. The van der Waals surface area contributed by atoms with Gasteiger partial charge in [-0.2, -0.15) is 0 Å². The summed E-state index contributed by atoms with van der Waals surface area (Å²) in [6.07, 6.45) is 9.55. The Kier molecular flexibility index (Phi) is 4.30. The third-order valence-corrected chi connectivity index (χ3v) is 4.39. The monoisotopic (exact) mass is 248 g/mol. The molecule has 1 aromatic rings. The predicted molar refractivity (Wildman–Crippen MR) is 76.0 cm³/mol. The van der Waals surface area contributed by atoms with Crippen LogP contribution in [0.4, 0.5) is 0 Å². The largest absolute Gasteiger partial charge is 0.385 e. The summed E-state index contributed by atoms with van der Waals surface area (Å²) >= 11 is 1.68. The smallest absolute Gasteiger partial charge is 0.0954 e. The fraction of sp³-hybridized carbons (Fsp3) is 0.467. The normalized spacial score (nSPS) is 20.2. The zero-order valence-corrected chi connectivity index (χ0v) is 11.2. The molecule has 0 unspecified atom stereocenters. The Hall–Kier alpha value is -0.730. The van der Waals surface area contributed by atoms with Crippen LogP contribution in [0.2, 0.25) is 0 Å². The Labute approximate surface area is 108 Å². The standard InChI is InChI=1S/C15H20OS/c1-17-14(12-13-8-4-2-5-9-13)15(16)10-6-3-7-11-15/h2,4-5,8-9,12,16H,3,6-7,10-11H2,1H3/b14-12-. The van der Waals surface area contributed by atoms with Gasteiger partial charge >= 0.3 is 0 Å². The van der Waals surface area contributed by atoms with Crippen molar-refractivity contribution >= 4 is 17.8 Å². The Balaban J connectivity index is 2.23. The Morgan fingerprint density at radius 1 is 1.18 bits per heavy atom. The number of rotatable bonds is 3. The lowest BCUT2D eigenvalue weighted by Gasteiger charge is -2.33. The molecule has 1 saturated carbocycles. The molecule has 17 heavy (non-hydrogen) atoms. The summed E-state index contributed by atoms with van der Waals surface area (Å²) in [5.41, 5.74) is 0.601. The fourth-order valence-corrected chi connectivity index (χ4v) is 3.30. The molecule has 92 valence electrons. The quantitative estimate of drug-likeness (QED) is 0.869. The minimum Gasteiger partial charge on any atom is -0.385 e. The van der Waals surface area contributed by atoms with Crippen molar-refractivity contribution in [1.29, 1.82) is 0 Å². The zero-order chi connectivity index (χ0) is 12.1. The van der Waals surface area contributed by atoms with E-state index < -0.39 is 5.60 Å². The summed E-state index contributed by atoms with van der Waals surface area (Å²) in [5, 5.41) is 10.7. The summed E-state index contributed by atoms with van der Waals surface area (Å²) in [5.74, 6) is 0. The Morgan fingerprint density at radius 2 is 1.82 bits per heavy atom. The second-order valence-electron chi connectivity index (χ2n) is 4.72. The zero-order valence-electron chi connectivity index (χ0n) is 10.4. The molecule has 0 heterocycles.